The number of benzene rings is 3. The predicted octanol–water partition coefficient (Wildman–Crippen LogP) is 6.69. The summed E-state index contributed by atoms with van der Waals surface area (Å²) < 4.78 is 1.78. The fourth-order valence-electron chi connectivity index (χ4n) is 6.59. The minimum absolute atomic E-state index is 0.0678. The third-order valence-corrected chi connectivity index (χ3v) is 9.47. The molecule has 0 atom stereocenters. The summed E-state index contributed by atoms with van der Waals surface area (Å²) in [5.74, 6) is 0.0789. The van der Waals surface area contributed by atoms with E-state index in [-0.39, 0.29) is 28.7 Å². The molecule has 1 spiro atoms. The second-order valence-corrected chi connectivity index (χ2v) is 11.9. The first-order valence-electron chi connectivity index (χ1n) is 14.4. The maximum atomic E-state index is 14.2. The Balaban J connectivity index is 1.32. The van der Waals surface area contributed by atoms with Gasteiger partial charge in [0, 0.05) is 17.5 Å². The maximum absolute atomic E-state index is 14.2. The van der Waals surface area contributed by atoms with Gasteiger partial charge in [-0.05, 0) is 42.9 Å². The molecular weight excluding hydrogens is 514 g/mol. The molecule has 6 rings (SSSR count). The number of thioether (sulfide) groups is 1. The van der Waals surface area contributed by atoms with Crippen molar-refractivity contribution in [3.8, 4) is 11.3 Å². The predicted molar refractivity (Wildman–Crippen MR) is 162 cm³/mol. The lowest BCUT2D eigenvalue weighted by Crippen LogP contribution is -2.43. The fraction of sp³-hybridized carbons (Fsp3) is 0.324. The Bertz CT molecular complexity index is 1520. The Morgan fingerprint density at radius 2 is 1.55 bits per heavy atom. The summed E-state index contributed by atoms with van der Waals surface area (Å²) >= 11 is 1.35. The molecule has 5 nitrogen and oxygen atoms in total. The lowest BCUT2D eigenvalue weighted by atomic mass is 9.62. The molecule has 0 aliphatic heterocycles. The number of fused-ring (bicyclic) bond motifs is 4. The van der Waals surface area contributed by atoms with Crippen LogP contribution in [-0.4, -0.2) is 21.2 Å². The molecule has 1 amide bonds. The molecule has 6 heteroatoms. The van der Waals surface area contributed by atoms with Gasteiger partial charge in [-0.2, -0.15) is 0 Å². The molecule has 4 aromatic rings. The number of nitrogens with zero attached hydrogens (tertiary/aromatic N) is 2. The van der Waals surface area contributed by atoms with E-state index in [4.69, 9.17) is 4.98 Å². The Morgan fingerprint density at radius 3 is 2.20 bits per heavy atom. The van der Waals surface area contributed by atoms with Gasteiger partial charge >= 0.3 is 0 Å². The van der Waals surface area contributed by atoms with E-state index in [0.717, 1.165) is 60.1 Å². The Hall–Kier alpha value is -3.64. The molecule has 1 heterocycles. The van der Waals surface area contributed by atoms with E-state index in [1.54, 1.807) is 4.57 Å². The third kappa shape index (κ3) is 5.01. The van der Waals surface area contributed by atoms with Crippen LogP contribution >= 0.6 is 11.8 Å². The van der Waals surface area contributed by atoms with Crippen molar-refractivity contribution in [2.24, 2.45) is 0 Å². The first kappa shape index (κ1) is 26.6. The van der Waals surface area contributed by atoms with Gasteiger partial charge in [0.15, 0.2) is 5.16 Å². The molecule has 40 heavy (non-hydrogen) atoms. The van der Waals surface area contributed by atoms with Gasteiger partial charge in [-0.25, -0.2) is 4.98 Å². The Kier molecular flexibility index (Phi) is 7.61. The van der Waals surface area contributed by atoms with Crippen LogP contribution in [0, 0.1) is 0 Å². The van der Waals surface area contributed by atoms with Crippen LogP contribution in [0.4, 0.5) is 0 Å². The van der Waals surface area contributed by atoms with E-state index in [9.17, 15) is 9.59 Å². The van der Waals surface area contributed by atoms with Gasteiger partial charge in [-0.15, -0.1) is 0 Å². The fourth-order valence-corrected chi connectivity index (χ4v) is 7.46. The highest BCUT2D eigenvalue weighted by atomic mass is 32.2. The molecule has 1 aromatic heterocycles. The van der Waals surface area contributed by atoms with Crippen molar-refractivity contribution in [2.75, 3.05) is 5.75 Å². The average Bonchev–Trinajstić information content (AvgIpc) is 3.00. The van der Waals surface area contributed by atoms with E-state index in [1.807, 2.05) is 73.7 Å². The molecule has 204 valence electrons. The summed E-state index contributed by atoms with van der Waals surface area (Å²) in [5.41, 5.74) is 6.05. The first-order chi connectivity index (χ1) is 19.6. The zero-order valence-electron chi connectivity index (χ0n) is 22.9. The first-order valence-corrected chi connectivity index (χ1v) is 15.3. The van der Waals surface area contributed by atoms with Crippen LogP contribution in [-0.2, 0) is 23.2 Å². The zero-order valence-corrected chi connectivity index (χ0v) is 23.8. The highest BCUT2D eigenvalue weighted by molar-refractivity contribution is 7.99. The number of hydrogen-bond donors (Lipinski definition) is 1. The van der Waals surface area contributed by atoms with Crippen LogP contribution in [0.5, 0.6) is 0 Å². The summed E-state index contributed by atoms with van der Waals surface area (Å²) in [7, 11) is 0. The lowest BCUT2D eigenvalue weighted by Gasteiger charge is -2.42. The van der Waals surface area contributed by atoms with E-state index in [0.29, 0.717) is 11.7 Å². The van der Waals surface area contributed by atoms with Crippen molar-refractivity contribution in [3.63, 3.8) is 0 Å². The molecule has 0 unspecified atom stereocenters. The highest BCUT2D eigenvalue weighted by Crippen LogP contribution is 2.48. The third-order valence-electron chi connectivity index (χ3n) is 8.50. The average molecular weight is 550 g/mol. The van der Waals surface area contributed by atoms with Crippen molar-refractivity contribution >= 4 is 17.7 Å². The quantitative estimate of drug-likeness (QED) is 0.206. The lowest BCUT2D eigenvalue weighted by molar-refractivity contribution is -0.119. The van der Waals surface area contributed by atoms with E-state index in [1.165, 1.54) is 23.7 Å². The summed E-state index contributed by atoms with van der Waals surface area (Å²) in [6.45, 7) is 2.52. The molecule has 1 fully saturated rings. The molecule has 0 bridgehead atoms. The summed E-state index contributed by atoms with van der Waals surface area (Å²) in [6, 6.07) is 28.2. The summed E-state index contributed by atoms with van der Waals surface area (Å²) in [5, 5.41) is 3.83. The molecule has 0 saturated heterocycles. The summed E-state index contributed by atoms with van der Waals surface area (Å²) in [4.78, 5) is 32.6. The second kappa shape index (κ2) is 11.5. The number of carbonyl (C=O) groups is 1. The van der Waals surface area contributed by atoms with Gasteiger partial charge in [0.2, 0.25) is 5.91 Å². The van der Waals surface area contributed by atoms with Crippen LogP contribution in [0.2, 0.25) is 0 Å². The molecule has 2 aliphatic rings. The highest BCUT2D eigenvalue weighted by Gasteiger charge is 2.43. The number of rotatable bonds is 7. The van der Waals surface area contributed by atoms with Crippen LogP contribution in [0.1, 0.15) is 67.3 Å². The summed E-state index contributed by atoms with van der Waals surface area (Å²) in [6.07, 6.45) is 6.49. The zero-order chi connectivity index (χ0) is 27.5. The van der Waals surface area contributed by atoms with Crippen molar-refractivity contribution in [2.45, 2.75) is 68.6 Å². The van der Waals surface area contributed by atoms with Gasteiger partial charge in [0.05, 0.1) is 23.1 Å². The Labute approximate surface area is 240 Å². The minimum Gasteiger partial charge on any atom is -0.344 e. The Morgan fingerprint density at radius 1 is 0.925 bits per heavy atom. The van der Waals surface area contributed by atoms with Crippen molar-refractivity contribution < 1.29 is 4.79 Å². The number of nitrogens with one attached hydrogen (secondary N) is 1. The monoisotopic (exact) mass is 549 g/mol. The topological polar surface area (TPSA) is 64.0 Å². The van der Waals surface area contributed by atoms with Gasteiger partial charge < -0.3 is 5.32 Å². The van der Waals surface area contributed by atoms with E-state index >= 15 is 0 Å². The maximum Gasteiger partial charge on any atom is 0.258 e. The number of hydrogen-bond acceptors (Lipinski definition) is 4. The molecule has 1 saturated carbocycles. The van der Waals surface area contributed by atoms with Crippen LogP contribution < -0.4 is 10.9 Å². The van der Waals surface area contributed by atoms with E-state index in [2.05, 4.69) is 23.5 Å². The normalized spacial score (nSPS) is 15.4. The van der Waals surface area contributed by atoms with Crippen molar-refractivity contribution in [3.05, 3.63) is 118 Å². The van der Waals surface area contributed by atoms with Gasteiger partial charge in [-0.1, -0.05) is 116 Å². The van der Waals surface area contributed by atoms with Gasteiger partial charge in [0.25, 0.3) is 5.56 Å². The molecule has 1 N–H and O–H groups in total. The van der Waals surface area contributed by atoms with Gasteiger partial charge in [0.1, 0.15) is 0 Å². The second-order valence-electron chi connectivity index (χ2n) is 11.0. The van der Waals surface area contributed by atoms with Crippen molar-refractivity contribution in [1.82, 2.24) is 14.9 Å². The van der Waals surface area contributed by atoms with Crippen LogP contribution in [0.25, 0.3) is 11.3 Å². The largest absolute Gasteiger partial charge is 0.344 e. The SMILES string of the molecule is CCn1c(SCC(=O)NC(c2ccccc2)c2ccccc2)nc2c(c1=O)C1(CCCCC1)Cc1ccccc1-2. The number of aromatic nitrogens is 2. The standard InChI is InChI=1S/C34H35N3O2S/c1-2-37-32(39)29-31(27-19-11-10-18-26(27)22-34(29)20-12-5-13-21-34)36-33(37)40-23-28(38)35-30(24-14-6-3-7-15-24)25-16-8-4-9-17-25/h3-4,6-11,14-19,30H,2,5,12-13,20-23H2,1H3,(H,35,38). The minimum atomic E-state index is -0.251. The smallest absolute Gasteiger partial charge is 0.258 e. The molecule has 0 radical (unpaired) electrons. The number of amides is 1. The van der Waals surface area contributed by atoms with Crippen LogP contribution in [0.3, 0.4) is 0 Å². The number of carbonyl (C=O) groups excluding carboxylic acids is 1. The molecular formula is C34H35N3O2S. The molecule has 2 aliphatic carbocycles. The van der Waals surface area contributed by atoms with Gasteiger partial charge in [-0.3, -0.25) is 14.2 Å². The van der Waals surface area contributed by atoms with E-state index < -0.39 is 0 Å². The van der Waals surface area contributed by atoms with Crippen molar-refractivity contribution in [1.29, 1.82) is 0 Å². The molecule has 3 aromatic carbocycles. The van der Waals surface area contributed by atoms with Crippen LogP contribution in [0.15, 0.2) is 94.9 Å².